The van der Waals surface area contributed by atoms with Crippen LogP contribution in [-0.2, 0) is 6.42 Å². The van der Waals surface area contributed by atoms with Crippen molar-refractivity contribution in [1.29, 1.82) is 5.26 Å². The molecule has 0 aliphatic heterocycles. The molecular formula is C12H12N4. The van der Waals surface area contributed by atoms with E-state index in [1.54, 1.807) is 12.4 Å². The zero-order valence-corrected chi connectivity index (χ0v) is 9.04. The van der Waals surface area contributed by atoms with E-state index in [1.165, 1.54) is 0 Å². The van der Waals surface area contributed by atoms with E-state index < -0.39 is 0 Å². The van der Waals surface area contributed by atoms with E-state index in [0.29, 0.717) is 6.42 Å². The van der Waals surface area contributed by atoms with Crippen LogP contribution >= 0.6 is 0 Å². The van der Waals surface area contributed by atoms with E-state index in [4.69, 9.17) is 5.26 Å². The van der Waals surface area contributed by atoms with Gasteiger partial charge in [0, 0.05) is 18.6 Å². The van der Waals surface area contributed by atoms with Crippen LogP contribution < -0.4 is 0 Å². The third-order valence-electron chi connectivity index (χ3n) is 2.51. The van der Waals surface area contributed by atoms with Crippen molar-refractivity contribution in [2.45, 2.75) is 19.4 Å². The van der Waals surface area contributed by atoms with E-state index in [9.17, 15) is 0 Å². The van der Waals surface area contributed by atoms with Gasteiger partial charge in [0.15, 0.2) is 0 Å². The molecule has 0 saturated heterocycles. The molecule has 0 bridgehead atoms. The molecule has 4 heteroatoms. The van der Waals surface area contributed by atoms with Crippen LogP contribution in [-0.4, -0.2) is 14.8 Å². The molecule has 0 spiro atoms. The van der Waals surface area contributed by atoms with Crippen LogP contribution in [0.5, 0.6) is 0 Å². The molecule has 2 heterocycles. The van der Waals surface area contributed by atoms with Gasteiger partial charge < -0.3 is 0 Å². The SMILES string of the molecule is CC(c1ccncc1)n1ccc(CC#N)n1. The Bertz CT molecular complexity index is 495. The molecule has 0 aromatic carbocycles. The molecule has 0 aliphatic rings. The maximum absolute atomic E-state index is 8.58. The van der Waals surface area contributed by atoms with E-state index >= 15 is 0 Å². The summed E-state index contributed by atoms with van der Waals surface area (Å²) < 4.78 is 1.86. The van der Waals surface area contributed by atoms with Crippen LogP contribution in [0.15, 0.2) is 36.8 Å². The van der Waals surface area contributed by atoms with E-state index in [0.717, 1.165) is 11.3 Å². The quantitative estimate of drug-likeness (QED) is 0.781. The highest BCUT2D eigenvalue weighted by molar-refractivity contribution is 5.16. The lowest BCUT2D eigenvalue weighted by Crippen LogP contribution is -2.07. The summed E-state index contributed by atoms with van der Waals surface area (Å²) in [5.41, 5.74) is 1.96. The van der Waals surface area contributed by atoms with Gasteiger partial charge in [0.1, 0.15) is 0 Å². The van der Waals surface area contributed by atoms with Crippen molar-refractivity contribution in [3.63, 3.8) is 0 Å². The summed E-state index contributed by atoms with van der Waals surface area (Å²) >= 11 is 0. The van der Waals surface area contributed by atoms with Gasteiger partial charge in [-0.3, -0.25) is 9.67 Å². The highest BCUT2D eigenvalue weighted by atomic mass is 15.3. The van der Waals surface area contributed by atoms with E-state index in [2.05, 4.69) is 23.1 Å². The zero-order valence-electron chi connectivity index (χ0n) is 9.04. The van der Waals surface area contributed by atoms with Crippen molar-refractivity contribution >= 4 is 0 Å². The Labute approximate surface area is 94.2 Å². The summed E-state index contributed by atoms with van der Waals surface area (Å²) in [4.78, 5) is 3.98. The molecule has 1 atom stereocenters. The topological polar surface area (TPSA) is 54.5 Å². The Kier molecular flexibility index (Phi) is 2.97. The number of hydrogen-bond donors (Lipinski definition) is 0. The van der Waals surface area contributed by atoms with Gasteiger partial charge in [-0.05, 0) is 30.7 Å². The maximum Gasteiger partial charge on any atom is 0.0793 e. The lowest BCUT2D eigenvalue weighted by atomic mass is 10.1. The second-order valence-corrected chi connectivity index (χ2v) is 3.58. The zero-order chi connectivity index (χ0) is 11.4. The largest absolute Gasteiger partial charge is 0.265 e. The number of nitriles is 1. The fraction of sp³-hybridized carbons (Fsp3) is 0.250. The summed E-state index contributed by atoms with van der Waals surface area (Å²) in [6.07, 6.45) is 5.80. The van der Waals surface area contributed by atoms with Gasteiger partial charge in [-0.2, -0.15) is 10.4 Å². The molecular weight excluding hydrogens is 200 g/mol. The second kappa shape index (κ2) is 4.58. The summed E-state index contributed by atoms with van der Waals surface area (Å²) in [6, 6.07) is 8.07. The third kappa shape index (κ3) is 2.09. The minimum Gasteiger partial charge on any atom is -0.265 e. The lowest BCUT2D eigenvalue weighted by Gasteiger charge is -2.11. The number of hydrogen-bond acceptors (Lipinski definition) is 3. The molecule has 0 saturated carbocycles. The minimum atomic E-state index is 0.162. The Morgan fingerprint density at radius 1 is 1.38 bits per heavy atom. The van der Waals surface area contributed by atoms with E-state index in [1.807, 2.05) is 29.1 Å². The van der Waals surface area contributed by atoms with E-state index in [-0.39, 0.29) is 6.04 Å². The van der Waals surface area contributed by atoms with Crippen LogP contribution in [0, 0.1) is 11.3 Å². The molecule has 0 N–H and O–H groups in total. The van der Waals surface area contributed by atoms with Crippen molar-refractivity contribution in [2.24, 2.45) is 0 Å². The third-order valence-corrected chi connectivity index (χ3v) is 2.51. The number of rotatable bonds is 3. The Hall–Kier alpha value is -2.15. The first-order valence-electron chi connectivity index (χ1n) is 5.12. The van der Waals surface area contributed by atoms with Gasteiger partial charge in [-0.1, -0.05) is 0 Å². The smallest absolute Gasteiger partial charge is 0.0793 e. The average molecular weight is 212 g/mol. The molecule has 2 aromatic rings. The van der Waals surface area contributed by atoms with Crippen LogP contribution in [0.4, 0.5) is 0 Å². The molecule has 1 unspecified atom stereocenters. The number of aromatic nitrogens is 3. The molecule has 0 aliphatic carbocycles. The van der Waals surface area contributed by atoms with Crippen molar-refractivity contribution in [3.05, 3.63) is 48.0 Å². The predicted octanol–water partition coefficient (Wildman–Crippen LogP) is 1.95. The molecule has 16 heavy (non-hydrogen) atoms. The maximum atomic E-state index is 8.58. The first-order valence-corrected chi connectivity index (χ1v) is 5.12. The first-order chi connectivity index (χ1) is 7.81. The number of pyridine rings is 1. The van der Waals surface area contributed by atoms with Crippen LogP contribution in [0.3, 0.4) is 0 Å². The van der Waals surface area contributed by atoms with Crippen LogP contribution in [0.1, 0.15) is 24.2 Å². The molecule has 0 radical (unpaired) electrons. The molecule has 2 aromatic heterocycles. The van der Waals surface area contributed by atoms with Gasteiger partial charge in [0.25, 0.3) is 0 Å². The lowest BCUT2D eigenvalue weighted by molar-refractivity contribution is 0.559. The second-order valence-electron chi connectivity index (χ2n) is 3.58. The highest BCUT2D eigenvalue weighted by Crippen LogP contribution is 2.15. The van der Waals surface area contributed by atoms with Crippen molar-refractivity contribution < 1.29 is 0 Å². The Balaban J connectivity index is 2.21. The van der Waals surface area contributed by atoms with Gasteiger partial charge in [-0.25, -0.2) is 0 Å². The van der Waals surface area contributed by atoms with Gasteiger partial charge in [0.05, 0.1) is 24.2 Å². The summed E-state index contributed by atoms with van der Waals surface area (Å²) in [6.45, 7) is 2.07. The van der Waals surface area contributed by atoms with Crippen molar-refractivity contribution in [3.8, 4) is 6.07 Å². The molecule has 0 amide bonds. The Morgan fingerprint density at radius 2 is 2.12 bits per heavy atom. The average Bonchev–Trinajstić information content (AvgIpc) is 2.78. The van der Waals surface area contributed by atoms with Crippen LogP contribution in [0.2, 0.25) is 0 Å². The highest BCUT2D eigenvalue weighted by Gasteiger charge is 2.08. The molecule has 4 nitrogen and oxygen atoms in total. The molecule has 80 valence electrons. The van der Waals surface area contributed by atoms with Gasteiger partial charge in [0.2, 0.25) is 0 Å². The number of nitrogens with zero attached hydrogens (tertiary/aromatic N) is 4. The summed E-state index contributed by atoms with van der Waals surface area (Å²) in [7, 11) is 0. The first kappa shape index (κ1) is 10.4. The summed E-state index contributed by atoms with van der Waals surface area (Å²) in [5, 5.41) is 12.9. The predicted molar refractivity (Wildman–Crippen MR) is 59.6 cm³/mol. The van der Waals surface area contributed by atoms with Crippen molar-refractivity contribution in [1.82, 2.24) is 14.8 Å². The standard InChI is InChI=1S/C12H12N4/c1-10(11-3-7-14-8-4-11)16-9-5-12(15-16)2-6-13/h3-5,7-10H,2H2,1H3. The monoisotopic (exact) mass is 212 g/mol. The van der Waals surface area contributed by atoms with Crippen molar-refractivity contribution in [2.75, 3.05) is 0 Å². The normalized spacial score (nSPS) is 12.0. The minimum absolute atomic E-state index is 0.162. The molecule has 0 fully saturated rings. The van der Waals surface area contributed by atoms with Gasteiger partial charge in [-0.15, -0.1) is 0 Å². The fourth-order valence-corrected chi connectivity index (χ4v) is 1.56. The van der Waals surface area contributed by atoms with Crippen LogP contribution in [0.25, 0.3) is 0 Å². The van der Waals surface area contributed by atoms with Gasteiger partial charge >= 0.3 is 0 Å². The fourth-order valence-electron chi connectivity index (χ4n) is 1.56. The Morgan fingerprint density at radius 3 is 2.81 bits per heavy atom. The summed E-state index contributed by atoms with van der Waals surface area (Å²) in [5.74, 6) is 0. The molecule has 2 rings (SSSR count).